The van der Waals surface area contributed by atoms with Crippen LogP contribution in [0.4, 0.5) is 0 Å². The van der Waals surface area contributed by atoms with Gasteiger partial charge in [0, 0.05) is 70.5 Å². The number of nitrogens with zero attached hydrogens (tertiary/aromatic N) is 5. The summed E-state index contributed by atoms with van der Waals surface area (Å²) in [4.78, 5) is 19.9. The lowest BCUT2D eigenvalue weighted by atomic mass is 10.0. The Labute approximate surface area is 356 Å². The van der Waals surface area contributed by atoms with Crippen LogP contribution >= 0.6 is 11.3 Å². The van der Waals surface area contributed by atoms with Crippen LogP contribution in [0.2, 0.25) is 0 Å². The van der Waals surface area contributed by atoms with Gasteiger partial charge >= 0.3 is 0 Å². The average molecular weight is 789 g/mol. The van der Waals surface area contributed by atoms with Gasteiger partial charge in [0.15, 0.2) is 17.5 Å². The molecule has 0 aliphatic carbocycles. The number of para-hydroxylation sites is 2. The molecule has 0 aliphatic heterocycles. The van der Waals surface area contributed by atoms with Gasteiger partial charge in [0.25, 0.3) is 0 Å². The molecule has 280 valence electrons. The molecule has 0 saturated heterocycles. The van der Waals surface area contributed by atoms with Gasteiger partial charge in [0.1, 0.15) is 0 Å². The molecule has 0 amide bonds. The maximum Gasteiger partial charge on any atom is 0.165 e. The highest BCUT2D eigenvalue weighted by Crippen LogP contribution is 2.46. The van der Waals surface area contributed by atoms with Gasteiger partial charge in [-0.15, -0.1) is 11.3 Å². The van der Waals surface area contributed by atoms with E-state index in [-0.39, 0.29) is 23.5 Å². The first-order chi connectivity index (χ1) is 31.8. The number of pyridine rings is 1. The minimum absolute atomic E-state index is 0.0132. The lowest BCUT2D eigenvalue weighted by Gasteiger charge is -2.14. The number of rotatable bonds is 6. The van der Waals surface area contributed by atoms with Crippen molar-refractivity contribution >= 4 is 64.2 Å². The van der Waals surface area contributed by atoms with Gasteiger partial charge in [-0.05, 0) is 47.0 Å². The maximum absolute atomic E-state index is 8.96. The van der Waals surface area contributed by atoms with Crippen molar-refractivity contribution < 1.29 is 6.85 Å². The number of hydrogen-bond acceptors (Lipinski definition) is 5. The van der Waals surface area contributed by atoms with Crippen molar-refractivity contribution in [2.45, 2.75) is 0 Å². The van der Waals surface area contributed by atoms with Gasteiger partial charge in [-0.1, -0.05) is 164 Å². The van der Waals surface area contributed by atoms with Crippen molar-refractivity contribution in [2.75, 3.05) is 0 Å². The zero-order valence-electron chi connectivity index (χ0n) is 36.8. The zero-order chi connectivity index (χ0) is 43.9. The molecule has 4 heterocycles. The third kappa shape index (κ3) is 5.61. The summed E-state index contributed by atoms with van der Waals surface area (Å²) < 4.78 is 47.7. The smallest absolute Gasteiger partial charge is 0.165 e. The summed E-state index contributed by atoms with van der Waals surface area (Å²) >= 11 is 1.66. The van der Waals surface area contributed by atoms with Crippen molar-refractivity contribution in [1.29, 1.82) is 0 Å². The Morgan fingerprint density at radius 1 is 0.433 bits per heavy atom. The van der Waals surface area contributed by atoms with Crippen LogP contribution in [0.25, 0.3) is 115 Å². The van der Waals surface area contributed by atoms with Gasteiger partial charge in [0.2, 0.25) is 0 Å². The molecule has 12 rings (SSSR count). The third-order valence-corrected chi connectivity index (χ3v) is 12.5. The van der Waals surface area contributed by atoms with E-state index in [4.69, 9.17) is 26.8 Å². The van der Waals surface area contributed by atoms with E-state index in [1.54, 1.807) is 11.3 Å². The molecular weight excluding hydrogens is 751 g/mol. The average Bonchev–Trinajstić information content (AvgIpc) is 3.91. The fourth-order valence-corrected chi connectivity index (χ4v) is 9.79. The molecule has 6 heteroatoms. The Bertz CT molecular complexity index is 3870. The highest BCUT2D eigenvalue weighted by atomic mass is 32.1. The first kappa shape index (κ1) is 29.4. The second-order valence-electron chi connectivity index (χ2n) is 14.7. The topological polar surface area (TPSA) is 56.5 Å². The largest absolute Gasteiger partial charge is 0.309 e. The van der Waals surface area contributed by atoms with Crippen LogP contribution in [0.5, 0.6) is 0 Å². The van der Waals surface area contributed by atoms with E-state index in [2.05, 4.69) is 114 Å². The van der Waals surface area contributed by atoms with Gasteiger partial charge in [-0.3, -0.25) is 4.98 Å². The lowest BCUT2D eigenvalue weighted by Crippen LogP contribution is -2.01. The highest BCUT2D eigenvalue weighted by molar-refractivity contribution is 7.26. The Hall–Kier alpha value is -7.80. The van der Waals surface area contributed by atoms with Gasteiger partial charge < -0.3 is 4.57 Å². The minimum atomic E-state index is -0.485. The molecule has 0 fully saturated rings. The molecule has 4 aromatic heterocycles. The van der Waals surface area contributed by atoms with E-state index in [0.29, 0.717) is 22.8 Å². The van der Waals surface area contributed by atoms with E-state index in [0.717, 1.165) is 80.8 Å². The van der Waals surface area contributed by atoms with Crippen molar-refractivity contribution in [3.05, 3.63) is 200 Å². The van der Waals surface area contributed by atoms with Crippen LogP contribution in [0, 0.1) is 0 Å². The van der Waals surface area contributed by atoms with Crippen LogP contribution in [-0.4, -0.2) is 24.5 Å². The van der Waals surface area contributed by atoms with Crippen LogP contribution in [0.3, 0.4) is 0 Å². The van der Waals surface area contributed by atoms with E-state index >= 15 is 0 Å². The van der Waals surface area contributed by atoms with E-state index in [9.17, 15) is 0 Å². The lowest BCUT2D eigenvalue weighted by molar-refractivity contribution is 1.07. The quantitative estimate of drug-likeness (QED) is 0.168. The SMILES string of the molecule is [2H]c1c([2H])c([2H])c(-c2nc(-c3ccccc3)nc(-c3cc(-n4c5ccccc5c5ccc(-c6cccc7cccnc67)cc54)cc4c3sc3c(-c5ccccc5)cccc34)n2)c([2H])c1[2H]. The second kappa shape index (κ2) is 13.9. The molecule has 0 radical (unpaired) electrons. The van der Waals surface area contributed by atoms with Gasteiger partial charge in [-0.25, -0.2) is 15.0 Å². The normalized spacial score (nSPS) is 12.8. The van der Waals surface area contributed by atoms with Crippen molar-refractivity contribution in [3.8, 4) is 62.1 Å². The first-order valence-corrected chi connectivity index (χ1v) is 20.5. The molecule has 60 heavy (non-hydrogen) atoms. The second-order valence-corrected chi connectivity index (χ2v) is 15.7. The molecule has 12 aromatic rings. The molecule has 5 nitrogen and oxygen atoms in total. The maximum atomic E-state index is 8.96. The first-order valence-electron chi connectivity index (χ1n) is 22.1. The summed E-state index contributed by atoms with van der Waals surface area (Å²) in [6.45, 7) is 0. The van der Waals surface area contributed by atoms with Crippen LogP contribution in [0.15, 0.2) is 200 Å². The third-order valence-electron chi connectivity index (χ3n) is 11.2. The van der Waals surface area contributed by atoms with E-state index in [1.165, 1.54) is 0 Å². The predicted octanol–water partition coefficient (Wildman–Crippen LogP) is 14.2. The summed E-state index contributed by atoms with van der Waals surface area (Å²) in [5.74, 6) is 0.608. The van der Waals surface area contributed by atoms with Crippen LogP contribution in [0.1, 0.15) is 6.85 Å². The van der Waals surface area contributed by atoms with Crippen LogP contribution in [-0.2, 0) is 0 Å². The van der Waals surface area contributed by atoms with Crippen molar-refractivity contribution in [1.82, 2.24) is 24.5 Å². The van der Waals surface area contributed by atoms with E-state index in [1.807, 2.05) is 60.8 Å². The molecule has 0 spiro atoms. The summed E-state index contributed by atoms with van der Waals surface area (Å²) in [5.41, 5.74) is 9.41. The van der Waals surface area contributed by atoms with E-state index < -0.39 is 18.1 Å². The monoisotopic (exact) mass is 788 g/mol. The van der Waals surface area contributed by atoms with Crippen molar-refractivity contribution in [3.63, 3.8) is 0 Å². The number of aromatic nitrogens is 5. The Morgan fingerprint density at radius 3 is 1.95 bits per heavy atom. The Balaban J connectivity index is 1.20. The molecule has 0 unspecified atom stereocenters. The van der Waals surface area contributed by atoms with Crippen LogP contribution < -0.4 is 0 Å². The summed E-state index contributed by atoms with van der Waals surface area (Å²) in [6.07, 6.45) is 1.83. The predicted molar refractivity (Wildman–Crippen MR) is 250 cm³/mol. The summed E-state index contributed by atoms with van der Waals surface area (Å²) in [7, 11) is 0. The summed E-state index contributed by atoms with van der Waals surface area (Å²) in [5, 5.41) is 5.33. The van der Waals surface area contributed by atoms with Crippen molar-refractivity contribution in [2.24, 2.45) is 0 Å². The molecule has 0 bridgehead atoms. The molecule has 0 atom stereocenters. The molecule has 0 aliphatic rings. The highest BCUT2D eigenvalue weighted by Gasteiger charge is 2.22. The Kier molecular flexibility index (Phi) is 6.84. The minimum Gasteiger partial charge on any atom is -0.309 e. The molecule has 0 N–H and O–H groups in total. The molecular formula is C54H33N5S. The summed E-state index contributed by atoms with van der Waals surface area (Å²) in [6, 6.07) is 53.8. The standard InChI is InChI=1S/C54H33N5S/c1-4-15-34(16-5-1)41-25-13-26-44-45-32-39(59-47-27-11-10-23-42(47)43-29-28-38(31-48(43)59)40-24-12-21-35-22-14-30-55-49(35)40)33-46(51(45)60-50(41)44)54-57-52(36-17-6-2-7-18-36)56-53(58-54)37-19-8-3-9-20-37/h1-33H/i2D,6D,7D,17D,18D. The van der Waals surface area contributed by atoms with Gasteiger partial charge in [0.05, 0.1) is 23.4 Å². The fraction of sp³-hybridized carbons (Fsp3) is 0. The number of benzene rings is 8. The zero-order valence-corrected chi connectivity index (χ0v) is 32.6. The Morgan fingerprint density at radius 2 is 1.10 bits per heavy atom. The number of fused-ring (bicyclic) bond motifs is 7. The number of thiophene rings is 1. The van der Waals surface area contributed by atoms with Gasteiger partial charge in [-0.2, -0.15) is 0 Å². The molecule has 0 saturated carbocycles. The number of hydrogen-bond donors (Lipinski definition) is 0. The molecule has 8 aromatic carbocycles. The fourth-order valence-electron chi connectivity index (χ4n) is 8.46.